The first-order valence-electron chi connectivity index (χ1n) is 7.03. The Kier molecular flexibility index (Phi) is 4.60. The number of nitrogens with one attached hydrogen (secondary N) is 1. The highest BCUT2D eigenvalue weighted by atomic mass is 15.3. The highest BCUT2D eigenvalue weighted by Crippen LogP contribution is 2.31. The fourth-order valence-electron chi connectivity index (χ4n) is 2.91. The van der Waals surface area contributed by atoms with Gasteiger partial charge in [0.15, 0.2) is 0 Å². The lowest BCUT2D eigenvalue weighted by atomic mass is 9.84. The van der Waals surface area contributed by atoms with E-state index in [1.54, 1.807) is 0 Å². The number of aromatic nitrogens is 2. The molecule has 1 atom stereocenters. The van der Waals surface area contributed by atoms with Crippen molar-refractivity contribution >= 4 is 0 Å². The fraction of sp³-hybridized carbons (Fsp3) is 0.786. The number of aryl methyl sites for hydroxylation is 1. The molecule has 3 heteroatoms. The van der Waals surface area contributed by atoms with Crippen LogP contribution in [0.1, 0.15) is 57.1 Å². The van der Waals surface area contributed by atoms with Crippen molar-refractivity contribution in [3.8, 4) is 0 Å². The first-order chi connectivity index (χ1) is 8.33. The van der Waals surface area contributed by atoms with Crippen molar-refractivity contribution in [3.05, 3.63) is 18.0 Å². The Morgan fingerprint density at radius 3 is 2.76 bits per heavy atom. The van der Waals surface area contributed by atoms with E-state index in [-0.39, 0.29) is 0 Å². The molecule has 0 aromatic carbocycles. The molecular weight excluding hydrogens is 210 g/mol. The van der Waals surface area contributed by atoms with Crippen molar-refractivity contribution in [1.82, 2.24) is 15.1 Å². The summed E-state index contributed by atoms with van der Waals surface area (Å²) >= 11 is 0. The maximum absolute atomic E-state index is 4.37. The Bertz CT molecular complexity index is 326. The molecule has 17 heavy (non-hydrogen) atoms. The van der Waals surface area contributed by atoms with Crippen LogP contribution in [-0.2, 0) is 6.54 Å². The maximum atomic E-state index is 4.37. The van der Waals surface area contributed by atoms with Gasteiger partial charge in [-0.3, -0.25) is 4.68 Å². The van der Waals surface area contributed by atoms with E-state index in [2.05, 4.69) is 30.6 Å². The van der Waals surface area contributed by atoms with Crippen molar-refractivity contribution in [1.29, 1.82) is 0 Å². The lowest BCUT2D eigenvalue weighted by Crippen LogP contribution is -2.20. The van der Waals surface area contributed by atoms with Gasteiger partial charge in [0.1, 0.15) is 0 Å². The second-order valence-electron chi connectivity index (χ2n) is 5.21. The Balaban J connectivity index is 1.95. The Morgan fingerprint density at radius 1 is 1.41 bits per heavy atom. The molecule has 1 N–H and O–H groups in total. The largest absolute Gasteiger partial charge is 0.313 e. The average Bonchev–Trinajstić information content (AvgIpc) is 2.86. The summed E-state index contributed by atoms with van der Waals surface area (Å²) in [5.41, 5.74) is 1.35. The fourth-order valence-corrected chi connectivity index (χ4v) is 2.91. The zero-order valence-electron chi connectivity index (χ0n) is 11.2. The molecule has 1 heterocycles. The topological polar surface area (TPSA) is 29.9 Å². The highest BCUT2D eigenvalue weighted by Gasteiger charge is 2.19. The van der Waals surface area contributed by atoms with Gasteiger partial charge in [0.05, 0.1) is 6.20 Å². The Labute approximate surface area is 105 Å². The zero-order chi connectivity index (χ0) is 12.1. The van der Waals surface area contributed by atoms with Gasteiger partial charge in [0.25, 0.3) is 0 Å². The van der Waals surface area contributed by atoms with Crippen molar-refractivity contribution in [3.63, 3.8) is 0 Å². The van der Waals surface area contributed by atoms with E-state index >= 15 is 0 Å². The molecule has 0 amide bonds. The molecule has 1 aliphatic carbocycles. The summed E-state index contributed by atoms with van der Waals surface area (Å²) in [6.07, 6.45) is 12.6. The molecule has 0 radical (unpaired) electrons. The molecule has 1 aliphatic rings. The lowest BCUT2D eigenvalue weighted by molar-refractivity contribution is 0.305. The van der Waals surface area contributed by atoms with Gasteiger partial charge in [0.2, 0.25) is 0 Å². The molecule has 1 aromatic rings. The van der Waals surface area contributed by atoms with Crippen LogP contribution in [-0.4, -0.2) is 16.8 Å². The molecule has 96 valence electrons. The first-order valence-corrected chi connectivity index (χ1v) is 7.03. The van der Waals surface area contributed by atoms with Crippen LogP contribution in [0.3, 0.4) is 0 Å². The predicted octanol–water partition coefficient (Wildman–Crippen LogP) is 3.13. The summed E-state index contributed by atoms with van der Waals surface area (Å²) in [6, 6.07) is 0.485. The Morgan fingerprint density at radius 2 is 2.18 bits per heavy atom. The molecular formula is C14H25N3. The van der Waals surface area contributed by atoms with Gasteiger partial charge in [-0.25, -0.2) is 0 Å². The van der Waals surface area contributed by atoms with Crippen LogP contribution in [0.2, 0.25) is 0 Å². The normalized spacial score (nSPS) is 19.4. The minimum absolute atomic E-state index is 0.485. The summed E-state index contributed by atoms with van der Waals surface area (Å²) in [5.74, 6) is 0.908. The van der Waals surface area contributed by atoms with Crippen LogP contribution in [0, 0.1) is 5.92 Å². The monoisotopic (exact) mass is 235 g/mol. The molecule has 1 saturated carbocycles. The molecule has 0 saturated heterocycles. The second kappa shape index (κ2) is 6.20. The average molecular weight is 235 g/mol. The smallest absolute Gasteiger partial charge is 0.0537 e. The lowest BCUT2D eigenvalue weighted by Gasteiger charge is -2.25. The summed E-state index contributed by atoms with van der Waals surface area (Å²) in [4.78, 5) is 0. The van der Waals surface area contributed by atoms with Gasteiger partial charge in [0, 0.05) is 24.3 Å². The van der Waals surface area contributed by atoms with E-state index in [4.69, 9.17) is 0 Å². The van der Waals surface area contributed by atoms with Gasteiger partial charge in [-0.05, 0) is 26.3 Å². The van der Waals surface area contributed by atoms with Crippen LogP contribution in [0.4, 0.5) is 0 Å². The minimum Gasteiger partial charge on any atom is -0.313 e. The van der Waals surface area contributed by atoms with Crippen LogP contribution >= 0.6 is 0 Å². The first kappa shape index (κ1) is 12.6. The third-order valence-corrected chi connectivity index (χ3v) is 4.02. The number of nitrogens with zero attached hydrogens (tertiary/aromatic N) is 2. The van der Waals surface area contributed by atoms with Crippen molar-refractivity contribution in [2.24, 2.45) is 5.92 Å². The van der Waals surface area contributed by atoms with Gasteiger partial charge < -0.3 is 5.32 Å². The molecule has 2 rings (SSSR count). The van der Waals surface area contributed by atoms with Crippen LogP contribution in [0.25, 0.3) is 0 Å². The van der Waals surface area contributed by atoms with E-state index < -0.39 is 0 Å². The van der Waals surface area contributed by atoms with Crippen LogP contribution in [0.15, 0.2) is 12.4 Å². The van der Waals surface area contributed by atoms with Crippen molar-refractivity contribution in [2.75, 3.05) is 7.05 Å². The molecule has 0 bridgehead atoms. The van der Waals surface area contributed by atoms with E-state index in [0.29, 0.717) is 6.04 Å². The predicted molar refractivity (Wildman–Crippen MR) is 70.9 cm³/mol. The van der Waals surface area contributed by atoms with E-state index in [1.165, 1.54) is 44.1 Å². The quantitative estimate of drug-likeness (QED) is 0.849. The third-order valence-electron chi connectivity index (χ3n) is 4.02. The molecule has 0 spiro atoms. The van der Waals surface area contributed by atoms with Gasteiger partial charge in [-0.15, -0.1) is 0 Å². The van der Waals surface area contributed by atoms with Gasteiger partial charge in [-0.1, -0.05) is 32.1 Å². The minimum atomic E-state index is 0.485. The van der Waals surface area contributed by atoms with Crippen molar-refractivity contribution in [2.45, 2.75) is 58.0 Å². The standard InChI is InChI=1S/C14H25N3/c1-3-17-11-13(10-16-17)14(15-2)9-12-7-5-4-6-8-12/h10-12,14-15H,3-9H2,1-2H3. The summed E-state index contributed by atoms with van der Waals surface area (Å²) in [5, 5.41) is 7.82. The third kappa shape index (κ3) is 3.32. The Hall–Kier alpha value is -0.830. The molecule has 0 aliphatic heterocycles. The molecule has 1 unspecified atom stereocenters. The summed E-state index contributed by atoms with van der Waals surface area (Å²) < 4.78 is 2.01. The number of rotatable bonds is 5. The number of hydrogen-bond donors (Lipinski definition) is 1. The molecule has 3 nitrogen and oxygen atoms in total. The van der Waals surface area contributed by atoms with Crippen LogP contribution in [0.5, 0.6) is 0 Å². The maximum Gasteiger partial charge on any atom is 0.0537 e. The highest BCUT2D eigenvalue weighted by molar-refractivity contribution is 5.10. The van der Waals surface area contributed by atoms with E-state index in [1.807, 2.05) is 10.9 Å². The van der Waals surface area contributed by atoms with E-state index in [0.717, 1.165) is 12.5 Å². The summed E-state index contributed by atoms with van der Waals surface area (Å²) in [7, 11) is 2.07. The second-order valence-corrected chi connectivity index (χ2v) is 5.21. The molecule has 1 aromatic heterocycles. The van der Waals surface area contributed by atoms with Crippen LogP contribution < -0.4 is 5.32 Å². The van der Waals surface area contributed by atoms with Gasteiger partial charge >= 0.3 is 0 Å². The summed E-state index contributed by atoms with van der Waals surface area (Å²) in [6.45, 7) is 3.09. The van der Waals surface area contributed by atoms with E-state index in [9.17, 15) is 0 Å². The van der Waals surface area contributed by atoms with Gasteiger partial charge in [-0.2, -0.15) is 5.10 Å². The SMILES string of the molecule is CCn1cc(C(CC2CCCCC2)NC)cn1. The zero-order valence-corrected chi connectivity index (χ0v) is 11.2. The van der Waals surface area contributed by atoms with Crippen molar-refractivity contribution < 1.29 is 0 Å². The molecule has 1 fully saturated rings. The number of hydrogen-bond acceptors (Lipinski definition) is 2.